The number of anilines is 1. The number of amides is 2. The molecule has 3 rings (SSSR count). The lowest BCUT2D eigenvalue weighted by Crippen LogP contribution is -2.41. The van der Waals surface area contributed by atoms with Crippen LogP contribution in [0.2, 0.25) is 0 Å². The third kappa shape index (κ3) is 3.46. The van der Waals surface area contributed by atoms with Crippen LogP contribution in [0, 0.1) is 0 Å². The fourth-order valence-electron chi connectivity index (χ4n) is 2.88. The second kappa shape index (κ2) is 6.66. The van der Waals surface area contributed by atoms with Gasteiger partial charge in [0.05, 0.1) is 5.56 Å². The van der Waals surface area contributed by atoms with Gasteiger partial charge in [-0.15, -0.1) is 0 Å². The number of carboxylic acid groups (broad SMARTS) is 1. The zero-order valence-corrected chi connectivity index (χ0v) is 13.3. The molecule has 26 heavy (non-hydrogen) atoms. The highest BCUT2D eigenvalue weighted by Gasteiger charge is 2.35. The molecule has 1 aromatic carbocycles. The summed E-state index contributed by atoms with van der Waals surface area (Å²) in [6, 6.07) is 7.22. The zero-order chi connectivity index (χ0) is 18.9. The number of halogens is 3. The van der Waals surface area contributed by atoms with Gasteiger partial charge < -0.3 is 10.4 Å². The van der Waals surface area contributed by atoms with Crippen molar-refractivity contribution in [2.75, 3.05) is 11.4 Å². The van der Waals surface area contributed by atoms with Crippen molar-refractivity contribution in [3.8, 4) is 11.1 Å². The van der Waals surface area contributed by atoms with Crippen LogP contribution in [0.5, 0.6) is 0 Å². The molecule has 1 aromatic heterocycles. The van der Waals surface area contributed by atoms with Gasteiger partial charge in [-0.1, -0.05) is 18.2 Å². The lowest BCUT2D eigenvalue weighted by atomic mass is 10.0. The Hall–Kier alpha value is -3.10. The minimum Gasteiger partial charge on any atom is -0.465 e. The molecule has 2 amide bonds. The molecule has 1 saturated heterocycles. The zero-order valence-electron chi connectivity index (χ0n) is 13.3. The van der Waals surface area contributed by atoms with Crippen LogP contribution in [0.25, 0.3) is 11.1 Å². The van der Waals surface area contributed by atoms with Gasteiger partial charge in [0, 0.05) is 18.3 Å². The van der Waals surface area contributed by atoms with Gasteiger partial charge in [0.1, 0.15) is 11.9 Å². The van der Waals surface area contributed by atoms with Crippen molar-refractivity contribution in [2.45, 2.75) is 18.6 Å². The lowest BCUT2D eigenvalue weighted by Gasteiger charge is -2.17. The number of hydrogen-bond donors (Lipinski definition) is 2. The quantitative estimate of drug-likeness (QED) is 0.875. The Morgan fingerprint density at radius 3 is 2.58 bits per heavy atom. The summed E-state index contributed by atoms with van der Waals surface area (Å²) in [5.41, 5.74) is -0.497. The maximum atomic E-state index is 13.1. The number of pyridine rings is 1. The summed E-state index contributed by atoms with van der Waals surface area (Å²) in [4.78, 5) is 28.3. The minimum atomic E-state index is -4.49. The van der Waals surface area contributed by atoms with Gasteiger partial charge in [-0.2, -0.15) is 13.2 Å². The van der Waals surface area contributed by atoms with E-state index in [1.807, 2.05) is 0 Å². The van der Waals surface area contributed by atoms with E-state index in [0.29, 0.717) is 6.42 Å². The number of nitrogens with zero attached hydrogens (tertiary/aromatic N) is 2. The van der Waals surface area contributed by atoms with E-state index in [-0.39, 0.29) is 23.5 Å². The Kier molecular flexibility index (Phi) is 4.54. The summed E-state index contributed by atoms with van der Waals surface area (Å²) in [7, 11) is 0. The van der Waals surface area contributed by atoms with E-state index < -0.39 is 29.8 Å². The van der Waals surface area contributed by atoms with Crippen molar-refractivity contribution in [1.82, 2.24) is 10.3 Å². The number of aromatic nitrogens is 1. The van der Waals surface area contributed by atoms with Crippen LogP contribution in [-0.2, 0) is 11.0 Å². The predicted octanol–water partition coefficient (Wildman–Crippen LogP) is 3.14. The summed E-state index contributed by atoms with van der Waals surface area (Å²) < 4.78 is 39.4. The second-order valence-electron chi connectivity index (χ2n) is 5.73. The normalized spacial score (nSPS) is 17.4. The molecule has 0 bridgehead atoms. The Morgan fingerprint density at radius 1 is 1.23 bits per heavy atom. The molecule has 6 nitrogen and oxygen atoms in total. The van der Waals surface area contributed by atoms with E-state index in [1.54, 1.807) is 0 Å². The molecule has 2 aromatic rings. The van der Waals surface area contributed by atoms with Crippen molar-refractivity contribution < 1.29 is 27.9 Å². The highest BCUT2D eigenvalue weighted by atomic mass is 19.4. The first-order valence-electron chi connectivity index (χ1n) is 7.71. The number of rotatable bonds is 3. The number of carbonyl (C=O) groups excluding carboxylic acids is 1. The molecule has 1 atom stereocenters. The number of benzene rings is 1. The Balaban J connectivity index is 1.85. The average molecular weight is 365 g/mol. The largest absolute Gasteiger partial charge is 0.465 e. The lowest BCUT2D eigenvalue weighted by molar-refractivity contribution is -0.137. The SMILES string of the molecule is O=C(O)N[C@H]1CCN(c2ccc(-c3ccccc3C(F)(F)F)cn2)C1=O. The Morgan fingerprint density at radius 2 is 1.96 bits per heavy atom. The molecule has 0 saturated carbocycles. The van der Waals surface area contributed by atoms with E-state index in [4.69, 9.17) is 5.11 Å². The van der Waals surface area contributed by atoms with Crippen LogP contribution in [0.4, 0.5) is 23.8 Å². The average Bonchev–Trinajstić information content (AvgIpc) is 2.94. The van der Waals surface area contributed by atoms with Gasteiger partial charge in [0.15, 0.2) is 0 Å². The highest BCUT2D eigenvalue weighted by molar-refractivity contribution is 6.00. The summed E-state index contributed by atoms with van der Waals surface area (Å²) in [6.45, 7) is 0.273. The van der Waals surface area contributed by atoms with Gasteiger partial charge in [0.25, 0.3) is 5.91 Å². The van der Waals surface area contributed by atoms with Gasteiger partial charge in [-0.05, 0) is 30.2 Å². The van der Waals surface area contributed by atoms with Crippen LogP contribution in [-0.4, -0.2) is 34.7 Å². The third-order valence-electron chi connectivity index (χ3n) is 4.07. The highest BCUT2D eigenvalue weighted by Crippen LogP contribution is 2.37. The van der Waals surface area contributed by atoms with E-state index in [2.05, 4.69) is 10.3 Å². The molecule has 1 fully saturated rings. The van der Waals surface area contributed by atoms with Crippen LogP contribution in [0.15, 0.2) is 42.6 Å². The minimum absolute atomic E-state index is 0.00258. The molecule has 2 heterocycles. The van der Waals surface area contributed by atoms with Crippen molar-refractivity contribution in [2.24, 2.45) is 0 Å². The molecule has 0 aliphatic carbocycles. The first-order valence-corrected chi connectivity index (χ1v) is 7.71. The van der Waals surface area contributed by atoms with Crippen LogP contribution >= 0.6 is 0 Å². The summed E-state index contributed by atoms with van der Waals surface area (Å²) in [5.74, 6) is -0.179. The van der Waals surface area contributed by atoms with Crippen molar-refractivity contribution in [3.05, 3.63) is 48.2 Å². The summed E-state index contributed by atoms with van der Waals surface area (Å²) in [5, 5.41) is 10.8. The number of carbonyl (C=O) groups is 2. The van der Waals surface area contributed by atoms with Crippen LogP contribution in [0.1, 0.15) is 12.0 Å². The number of alkyl halides is 3. The summed E-state index contributed by atoms with van der Waals surface area (Å²) >= 11 is 0. The second-order valence-corrected chi connectivity index (χ2v) is 5.73. The van der Waals surface area contributed by atoms with Crippen LogP contribution in [0.3, 0.4) is 0 Å². The van der Waals surface area contributed by atoms with E-state index >= 15 is 0 Å². The van der Waals surface area contributed by atoms with E-state index in [9.17, 15) is 22.8 Å². The van der Waals surface area contributed by atoms with Crippen molar-refractivity contribution in [3.63, 3.8) is 0 Å². The molecule has 136 valence electrons. The maximum absolute atomic E-state index is 13.1. The van der Waals surface area contributed by atoms with Gasteiger partial charge in [-0.3, -0.25) is 9.69 Å². The molecule has 9 heteroatoms. The molecule has 1 aliphatic rings. The standard InChI is InChI=1S/C17H14F3N3O3/c18-17(19,20)12-4-2-1-3-11(12)10-5-6-14(21-9-10)23-8-7-13(15(23)24)22-16(25)26/h1-6,9,13,22H,7-8H2,(H,25,26)/t13-/m0/s1. The van der Waals surface area contributed by atoms with Crippen molar-refractivity contribution >= 4 is 17.8 Å². The van der Waals surface area contributed by atoms with Gasteiger partial charge >= 0.3 is 12.3 Å². The smallest absolute Gasteiger partial charge is 0.417 e. The summed E-state index contributed by atoms with van der Waals surface area (Å²) in [6.07, 6.45) is -4.22. The molecule has 0 spiro atoms. The van der Waals surface area contributed by atoms with Crippen molar-refractivity contribution in [1.29, 1.82) is 0 Å². The number of nitrogens with one attached hydrogen (secondary N) is 1. The van der Waals surface area contributed by atoms with E-state index in [0.717, 1.165) is 6.07 Å². The first-order chi connectivity index (χ1) is 12.3. The molecular formula is C17H14F3N3O3. The third-order valence-corrected chi connectivity index (χ3v) is 4.07. The fourth-order valence-corrected chi connectivity index (χ4v) is 2.88. The molecular weight excluding hydrogens is 351 g/mol. The monoisotopic (exact) mass is 365 g/mol. The molecule has 1 aliphatic heterocycles. The van der Waals surface area contributed by atoms with Gasteiger partial charge in [0.2, 0.25) is 0 Å². The molecule has 2 N–H and O–H groups in total. The first kappa shape index (κ1) is 17.7. The van der Waals surface area contributed by atoms with E-state index in [1.165, 1.54) is 41.4 Å². The fraction of sp³-hybridized carbons (Fsp3) is 0.235. The molecule has 0 unspecified atom stereocenters. The predicted molar refractivity (Wildman–Crippen MR) is 86.6 cm³/mol. The molecule has 0 radical (unpaired) electrons. The number of hydrogen-bond acceptors (Lipinski definition) is 3. The topological polar surface area (TPSA) is 82.5 Å². The Bertz CT molecular complexity index is 837. The Labute approximate surface area is 146 Å². The maximum Gasteiger partial charge on any atom is 0.417 e. The van der Waals surface area contributed by atoms with Gasteiger partial charge in [-0.25, -0.2) is 9.78 Å². The van der Waals surface area contributed by atoms with Crippen LogP contribution < -0.4 is 10.2 Å².